The third-order valence-corrected chi connectivity index (χ3v) is 8.07. The second kappa shape index (κ2) is 11.8. The number of carbonyl (C=O) groups is 1. The fourth-order valence-corrected chi connectivity index (χ4v) is 5.50. The summed E-state index contributed by atoms with van der Waals surface area (Å²) in [5.74, 6) is -1.28. The Labute approximate surface area is 241 Å². The van der Waals surface area contributed by atoms with Gasteiger partial charge in [-0.2, -0.15) is 0 Å². The van der Waals surface area contributed by atoms with Crippen molar-refractivity contribution >= 4 is 46.4 Å². The average Bonchev–Trinajstić information content (AvgIpc) is 2.95. The molecule has 0 radical (unpaired) electrons. The van der Waals surface area contributed by atoms with E-state index in [1.807, 2.05) is 4.90 Å². The Bertz CT molecular complexity index is 1370. The minimum Gasteiger partial charge on any atom is -0.378 e. The number of likely N-dealkylation sites (N-methyl/N-ethyl adjacent to an activating group) is 1. The SMILES string of the molecule is C[C@@H]1CN(c2cc(F)c(-c3cnc(N4CCOCC4)nc3)cc2NC(=O)c2cc(Cl)c(F)c(Cl)c2)C[C@H](C)N1C. The van der Waals surface area contributed by atoms with Gasteiger partial charge in [0.25, 0.3) is 5.91 Å². The molecule has 2 fully saturated rings. The average molecular weight is 591 g/mol. The quantitative estimate of drug-likeness (QED) is 0.402. The number of aromatic nitrogens is 2. The van der Waals surface area contributed by atoms with Gasteiger partial charge >= 0.3 is 0 Å². The first kappa shape index (κ1) is 28.5. The van der Waals surface area contributed by atoms with Crippen LogP contribution in [0, 0.1) is 11.6 Å². The first-order valence-corrected chi connectivity index (χ1v) is 13.8. The maximum atomic E-state index is 15.7. The van der Waals surface area contributed by atoms with Crippen molar-refractivity contribution in [2.45, 2.75) is 25.9 Å². The normalized spacial score (nSPS) is 20.1. The highest BCUT2D eigenvalue weighted by Gasteiger charge is 2.29. The summed E-state index contributed by atoms with van der Waals surface area (Å²) in [7, 11) is 2.06. The van der Waals surface area contributed by atoms with Crippen LogP contribution < -0.4 is 15.1 Å². The van der Waals surface area contributed by atoms with Crippen LogP contribution in [0.4, 0.5) is 26.1 Å². The Morgan fingerprint density at radius 1 is 0.975 bits per heavy atom. The second-order valence-corrected chi connectivity index (χ2v) is 11.0. The highest BCUT2D eigenvalue weighted by atomic mass is 35.5. The Balaban J connectivity index is 1.52. The standard InChI is InChI=1S/C28H30Cl2F2N6O2/c1-16-14-38(15-17(2)36(16)3)25-11-23(31)20(19-12-33-28(34-13-19)37-4-6-40-7-5-37)10-24(25)35-27(39)18-8-21(29)26(32)22(30)9-18/h8-13,16-17H,4-7,14-15H2,1-3H3,(H,35,39)/t16-,17+. The Hall–Kier alpha value is -3.05. The Kier molecular flexibility index (Phi) is 8.42. The molecule has 2 aromatic carbocycles. The van der Waals surface area contributed by atoms with Crippen LogP contribution in [-0.2, 0) is 4.74 Å². The molecule has 0 spiro atoms. The van der Waals surface area contributed by atoms with Crippen molar-refractivity contribution < 1.29 is 18.3 Å². The molecule has 0 saturated carbocycles. The molecular formula is C28H30Cl2F2N6O2. The molecule has 0 aliphatic carbocycles. The number of amides is 1. The highest BCUT2D eigenvalue weighted by Crippen LogP contribution is 2.36. The zero-order valence-corrected chi connectivity index (χ0v) is 23.9. The molecule has 12 heteroatoms. The molecule has 40 heavy (non-hydrogen) atoms. The van der Waals surface area contributed by atoms with Gasteiger partial charge in [0.05, 0.1) is 34.6 Å². The van der Waals surface area contributed by atoms with E-state index in [9.17, 15) is 9.18 Å². The Morgan fingerprint density at radius 3 is 2.17 bits per heavy atom. The van der Waals surface area contributed by atoms with Gasteiger partial charge < -0.3 is 19.9 Å². The predicted molar refractivity (Wildman–Crippen MR) is 154 cm³/mol. The van der Waals surface area contributed by atoms with Gasteiger partial charge in [-0.25, -0.2) is 18.7 Å². The van der Waals surface area contributed by atoms with Crippen LogP contribution in [0.3, 0.4) is 0 Å². The minimum atomic E-state index is -0.800. The minimum absolute atomic E-state index is 0.0755. The van der Waals surface area contributed by atoms with Crippen molar-refractivity contribution in [2.75, 3.05) is 61.6 Å². The monoisotopic (exact) mass is 590 g/mol. The second-order valence-electron chi connectivity index (χ2n) is 10.2. The number of hydrogen-bond donors (Lipinski definition) is 1. The number of nitrogens with zero attached hydrogens (tertiary/aromatic N) is 5. The van der Waals surface area contributed by atoms with E-state index in [0.717, 1.165) is 0 Å². The summed E-state index contributed by atoms with van der Waals surface area (Å²) in [6, 6.07) is 5.82. The molecule has 0 bridgehead atoms. The third-order valence-electron chi connectivity index (χ3n) is 7.52. The van der Waals surface area contributed by atoms with E-state index in [1.165, 1.54) is 18.2 Å². The zero-order valence-electron chi connectivity index (χ0n) is 22.4. The van der Waals surface area contributed by atoms with Crippen LogP contribution in [0.5, 0.6) is 0 Å². The number of anilines is 3. The zero-order chi connectivity index (χ0) is 28.6. The molecule has 212 valence electrons. The van der Waals surface area contributed by atoms with E-state index in [1.54, 1.807) is 18.5 Å². The van der Waals surface area contributed by atoms with Gasteiger partial charge in [0.1, 0.15) is 5.82 Å². The number of carbonyl (C=O) groups excluding carboxylic acids is 1. The fraction of sp³-hybridized carbons (Fsp3) is 0.393. The molecule has 8 nitrogen and oxygen atoms in total. The van der Waals surface area contributed by atoms with Gasteiger partial charge in [-0.3, -0.25) is 9.69 Å². The topological polar surface area (TPSA) is 73.8 Å². The van der Waals surface area contributed by atoms with Crippen LogP contribution >= 0.6 is 23.2 Å². The van der Waals surface area contributed by atoms with Crippen molar-refractivity contribution in [1.82, 2.24) is 14.9 Å². The van der Waals surface area contributed by atoms with E-state index in [-0.39, 0.29) is 33.3 Å². The van der Waals surface area contributed by atoms with Gasteiger partial charge in [0.15, 0.2) is 5.82 Å². The number of piperazine rings is 1. The van der Waals surface area contributed by atoms with E-state index in [0.29, 0.717) is 62.3 Å². The molecule has 2 atom stereocenters. The van der Waals surface area contributed by atoms with E-state index < -0.39 is 17.5 Å². The van der Waals surface area contributed by atoms with E-state index >= 15 is 4.39 Å². The lowest BCUT2D eigenvalue weighted by atomic mass is 10.0. The number of nitrogens with one attached hydrogen (secondary N) is 1. The number of rotatable bonds is 5. The van der Waals surface area contributed by atoms with Gasteiger partial charge in [-0.1, -0.05) is 23.2 Å². The Morgan fingerprint density at radius 2 is 1.57 bits per heavy atom. The summed E-state index contributed by atoms with van der Waals surface area (Å²) in [5, 5.41) is 2.34. The smallest absolute Gasteiger partial charge is 0.255 e. The third kappa shape index (κ3) is 5.85. The summed E-state index contributed by atoms with van der Waals surface area (Å²) in [4.78, 5) is 28.5. The largest absolute Gasteiger partial charge is 0.378 e. The van der Waals surface area contributed by atoms with Crippen molar-refractivity contribution in [2.24, 2.45) is 0 Å². The van der Waals surface area contributed by atoms with Crippen LogP contribution in [0.2, 0.25) is 10.0 Å². The number of benzene rings is 2. The lowest BCUT2D eigenvalue weighted by Crippen LogP contribution is -2.55. The van der Waals surface area contributed by atoms with Crippen molar-refractivity contribution in [3.05, 3.63) is 63.9 Å². The van der Waals surface area contributed by atoms with Crippen LogP contribution in [0.25, 0.3) is 11.1 Å². The predicted octanol–water partition coefficient (Wildman–Crippen LogP) is 5.35. The van der Waals surface area contributed by atoms with Crippen molar-refractivity contribution in [3.63, 3.8) is 0 Å². The summed E-state index contributed by atoms with van der Waals surface area (Å²) in [6.45, 7) is 8.01. The molecule has 3 aromatic rings. The molecular weight excluding hydrogens is 561 g/mol. The molecule has 1 N–H and O–H groups in total. The maximum absolute atomic E-state index is 15.7. The van der Waals surface area contributed by atoms with Crippen molar-refractivity contribution in [3.8, 4) is 11.1 Å². The lowest BCUT2D eigenvalue weighted by molar-refractivity contribution is 0.102. The van der Waals surface area contributed by atoms with Crippen LogP contribution in [0.15, 0.2) is 36.7 Å². The first-order chi connectivity index (χ1) is 19.1. The molecule has 1 aromatic heterocycles. The van der Waals surface area contributed by atoms with Crippen LogP contribution in [0.1, 0.15) is 24.2 Å². The van der Waals surface area contributed by atoms with Crippen molar-refractivity contribution in [1.29, 1.82) is 0 Å². The molecule has 5 rings (SSSR count). The summed E-state index contributed by atoms with van der Waals surface area (Å²) >= 11 is 11.9. The molecule has 2 aliphatic heterocycles. The van der Waals surface area contributed by atoms with Gasteiger partial charge in [0, 0.05) is 67.3 Å². The maximum Gasteiger partial charge on any atom is 0.255 e. The number of halogens is 4. The molecule has 1 amide bonds. The molecule has 2 aliphatic rings. The van der Waals surface area contributed by atoms with Gasteiger partial charge in [-0.15, -0.1) is 0 Å². The molecule has 2 saturated heterocycles. The lowest BCUT2D eigenvalue weighted by Gasteiger charge is -2.44. The summed E-state index contributed by atoms with van der Waals surface area (Å²) < 4.78 is 35.1. The van der Waals surface area contributed by atoms with Crippen LogP contribution in [-0.4, -0.2) is 79.3 Å². The van der Waals surface area contributed by atoms with Gasteiger partial charge in [-0.05, 0) is 45.2 Å². The molecule has 3 heterocycles. The highest BCUT2D eigenvalue weighted by molar-refractivity contribution is 6.35. The van der Waals surface area contributed by atoms with E-state index in [2.05, 4.69) is 46.0 Å². The first-order valence-electron chi connectivity index (χ1n) is 13.0. The van der Waals surface area contributed by atoms with E-state index in [4.69, 9.17) is 27.9 Å². The number of hydrogen-bond acceptors (Lipinski definition) is 7. The summed E-state index contributed by atoms with van der Waals surface area (Å²) in [5.41, 5.74) is 1.69. The summed E-state index contributed by atoms with van der Waals surface area (Å²) in [6.07, 6.45) is 3.14. The number of morpholine rings is 1. The number of ether oxygens (including phenoxy) is 1. The van der Waals surface area contributed by atoms with Gasteiger partial charge in [0.2, 0.25) is 5.95 Å². The molecule has 0 unspecified atom stereocenters. The fourth-order valence-electron chi connectivity index (χ4n) is 5.01.